The van der Waals surface area contributed by atoms with Gasteiger partial charge in [0.15, 0.2) is 0 Å². The Balaban J connectivity index is 0.000000211. The van der Waals surface area contributed by atoms with Crippen molar-refractivity contribution in [2.24, 2.45) is 0 Å². The summed E-state index contributed by atoms with van der Waals surface area (Å²) in [6.45, 7) is 4.81. The highest BCUT2D eigenvalue weighted by Gasteiger charge is 2.05. The van der Waals surface area contributed by atoms with E-state index in [1.807, 2.05) is 32.0 Å². The minimum absolute atomic E-state index is 0.0671. The number of para-hydroxylation sites is 1. The van der Waals surface area contributed by atoms with Crippen molar-refractivity contribution < 1.29 is 19.7 Å². The number of carboxylic acid groups (broad SMARTS) is 1. The van der Waals surface area contributed by atoms with Crippen LogP contribution in [0.15, 0.2) is 54.6 Å². The van der Waals surface area contributed by atoms with E-state index in [9.17, 15) is 4.79 Å². The van der Waals surface area contributed by atoms with E-state index in [4.69, 9.17) is 14.9 Å². The Hall–Kier alpha value is -2.33. The van der Waals surface area contributed by atoms with Crippen LogP contribution in [0.5, 0.6) is 5.75 Å². The zero-order valence-corrected chi connectivity index (χ0v) is 12.2. The molecule has 0 aliphatic carbocycles. The van der Waals surface area contributed by atoms with Crippen molar-refractivity contribution in [2.45, 2.75) is 26.6 Å². The normalized spacial score (nSPS) is 9.86. The first-order valence-electron chi connectivity index (χ1n) is 6.67. The molecule has 0 amide bonds. The largest absolute Gasteiger partial charge is 0.507 e. The number of rotatable bonds is 4. The van der Waals surface area contributed by atoms with Crippen molar-refractivity contribution in [3.8, 4) is 5.75 Å². The molecule has 2 aromatic carbocycles. The van der Waals surface area contributed by atoms with Gasteiger partial charge in [-0.1, -0.05) is 42.5 Å². The minimum atomic E-state index is -1.11. The second kappa shape index (κ2) is 8.76. The fourth-order valence-corrected chi connectivity index (χ4v) is 1.49. The minimum Gasteiger partial charge on any atom is -0.507 e. The smallest absolute Gasteiger partial charge is 0.339 e. The van der Waals surface area contributed by atoms with Crippen molar-refractivity contribution in [1.82, 2.24) is 0 Å². The van der Waals surface area contributed by atoms with Crippen molar-refractivity contribution in [3.63, 3.8) is 0 Å². The van der Waals surface area contributed by atoms with Gasteiger partial charge in [-0.05, 0) is 31.5 Å². The first-order valence-corrected chi connectivity index (χ1v) is 6.67. The first kappa shape index (κ1) is 16.7. The number of carboxylic acids is 1. The van der Waals surface area contributed by atoms with Crippen LogP contribution >= 0.6 is 0 Å². The number of carbonyl (C=O) groups is 1. The van der Waals surface area contributed by atoms with E-state index in [1.54, 1.807) is 12.1 Å². The SMILES string of the molecule is CC(C)OCc1ccccc1.O=C(O)c1ccccc1O. The van der Waals surface area contributed by atoms with Crippen LogP contribution in [0.3, 0.4) is 0 Å². The highest BCUT2D eigenvalue weighted by atomic mass is 16.5. The molecule has 0 saturated heterocycles. The molecule has 0 aliphatic heterocycles. The summed E-state index contributed by atoms with van der Waals surface area (Å²) in [6, 6.07) is 16.0. The molecule has 0 aliphatic rings. The molecule has 0 atom stereocenters. The zero-order chi connectivity index (χ0) is 15.7. The van der Waals surface area contributed by atoms with Gasteiger partial charge in [0, 0.05) is 0 Å². The predicted molar refractivity (Wildman–Crippen MR) is 81.4 cm³/mol. The van der Waals surface area contributed by atoms with Crippen molar-refractivity contribution in [3.05, 3.63) is 65.7 Å². The lowest BCUT2D eigenvalue weighted by Gasteiger charge is -2.06. The maximum absolute atomic E-state index is 10.3. The Morgan fingerprint density at radius 1 is 1.05 bits per heavy atom. The molecule has 0 saturated carbocycles. The van der Waals surface area contributed by atoms with Crippen LogP contribution in [0.25, 0.3) is 0 Å². The summed E-state index contributed by atoms with van der Waals surface area (Å²) in [6.07, 6.45) is 0.315. The molecule has 0 heterocycles. The summed E-state index contributed by atoms with van der Waals surface area (Å²) >= 11 is 0. The van der Waals surface area contributed by atoms with Crippen LogP contribution in [-0.2, 0) is 11.3 Å². The molecule has 0 spiro atoms. The van der Waals surface area contributed by atoms with Crippen LogP contribution in [0.1, 0.15) is 29.8 Å². The fraction of sp³-hybridized carbons (Fsp3) is 0.235. The number of hydrogen-bond acceptors (Lipinski definition) is 3. The van der Waals surface area contributed by atoms with Crippen molar-refractivity contribution in [1.29, 1.82) is 0 Å². The third-order valence-corrected chi connectivity index (χ3v) is 2.56. The van der Waals surface area contributed by atoms with Gasteiger partial charge in [0.05, 0.1) is 12.7 Å². The number of aromatic carboxylic acids is 1. The number of aromatic hydroxyl groups is 1. The molecular formula is C17H20O4. The summed E-state index contributed by atoms with van der Waals surface area (Å²) < 4.78 is 5.43. The van der Waals surface area contributed by atoms with Crippen LogP contribution in [-0.4, -0.2) is 22.3 Å². The molecule has 0 unspecified atom stereocenters. The molecule has 21 heavy (non-hydrogen) atoms. The zero-order valence-electron chi connectivity index (χ0n) is 12.2. The number of phenols is 1. The number of benzene rings is 2. The van der Waals surface area contributed by atoms with Crippen molar-refractivity contribution >= 4 is 5.97 Å². The molecule has 2 aromatic rings. The summed E-state index contributed by atoms with van der Waals surface area (Å²) in [7, 11) is 0. The van der Waals surface area contributed by atoms with Crippen LogP contribution in [0.2, 0.25) is 0 Å². The third kappa shape index (κ3) is 6.58. The lowest BCUT2D eigenvalue weighted by Crippen LogP contribution is -2.01. The van der Waals surface area contributed by atoms with Gasteiger partial charge in [-0.25, -0.2) is 4.79 Å². The van der Waals surface area contributed by atoms with E-state index in [0.29, 0.717) is 6.10 Å². The Morgan fingerprint density at radius 2 is 1.62 bits per heavy atom. The Kier molecular flexibility index (Phi) is 6.98. The Labute approximate surface area is 124 Å². The summed E-state index contributed by atoms with van der Waals surface area (Å²) in [5.41, 5.74) is 1.17. The standard InChI is InChI=1S/C10H14O.C7H6O3/c1-9(2)11-8-10-6-4-3-5-7-10;8-6-4-2-1-3-5(6)7(9)10/h3-7,9H,8H2,1-2H3;1-4,8H,(H,9,10). The molecule has 4 heteroatoms. The first-order chi connectivity index (χ1) is 10.0. The van der Waals surface area contributed by atoms with Gasteiger partial charge in [0.2, 0.25) is 0 Å². The third-order valence-electron chi connectivity index (χ3n) is 2.56. The fourth-order valence-electron chi connectivity index (χ4n) is 1.49. The van der Waals surface area contributed by atoms with E-state index in [0.717, 1.165) is 6.61 Å². The Morgan fingerprint density at radius 3 is 2.10 bits per heavy atom. The Bertz CT molecular complexity index is 550. The van der Waals surface area contributed by atoms with Gasteiger partial charge in [0.1, 0.15) is 11.3 Å². The molecule has 0 fully saturated rings. The lowest BCUT2D eigenvalue weighted by molar-refractivity contribution is 0.0656. The predicted octanol–water partition coefficient (Wildman–Crippen LogP) is 3.70. The highest BCUT2D eigenvalue weighted by Crippen LogP contribution is 2.14. The van der Waals surface area contributed by atoms with Gasteiger partial charge in [-0.3, -0.25) is 0 Å². The molecule has 2 N–H and O–H groups in total. The maximum Gasteiger partial charge on any atom is 0.339 e. The lowest BCUT2D eigenvalue weighted by atomic mass is 10.2. The quantitative estimate of drug-likeness (QED) is 0.900. The van der Waals surface area contributed by atoms with Gasteiger partial charge in [-0.2, -0.15) is 0 Å². The monoisotopic (exact) mass is 288 g/mol. The van der Waals surface area contributed by atoms with Crippen LogP contribution in [0, 0.1) is 0 Å². The molecule has 0 radical (unpaired) electrons. The molecular weight excluding hydrogens is 268 g/mol. The van der Waals surface area contributed by atoms with E-state index in [-0.39, 0.29) is 11.3 Å². The second-order valence-corrected chi connectivity index (χ2v) is 4.67. The van der Waals surface area contributed by atoms with E-state index < -0.39 is 5.97 Å². The van der Waals surface area contributed by atoms with Crippen molar-refractivity contribution in [2.75, 3.05) is 0 Å². The molecule has 112 valence electrons. The summed E-state index contributed by atoms with van der Waals surface area (Å²) in [5.74, 6) is -1.31. The van der Waals surface area contributed by atoms with Gasteiger partial charge >= 0.3 is 5.97 Å². The maximum atomic E-state index is 10.3. The molecule has 4 nitrogen and oxygen atoms in total. The molecule has 0 bridgehead atoms. The summed E-state index contributed by atoms with van der Waals surface area (Å²) in [4.78, 5) is 10.3. The summed E-state index contributed by atoms with van der Waals surface area (Å²) in [5, 5.41) is 17.3. The van der Waals surface area contributed by atoms with E-state index in [1.165, 1.54) is 17.7 Å². The van der Waals surface area contributed by atoms with Gasteiger partial charge in [0.25, 0.3) is 0 Å². The number of hydrogen-bond donors (Lipinski definition) is 2. The van der Waals surface area contributed by atoms with Crippen LogP contribution in [0.4, 0.5) is 0 Å². The topological polar surface area (TPSA) is 66.8 Å². The second-order valence-electron chi connectivity index (χ2n) is 4.67. The van der Waals surface area contributed by atoms with Crippen LogP contribution < -0.4 is 0 Å². The molecule has 0 aromatic heterocycles. The number of ether oxygens (including phenoxy) is 1. The van der Waals surface area contributed by atoms with E-state index in [2.05, 4.69) is 12.1 Å². The van der Waals surface area contributed by atoms with Gasteiger partial charge < -0.3 is 14.9 Å². The van der Waals surface area contributed by atoms with E-state index >= 15 is 0 Å². The average molecular weight is 288 g/mol. The average Bonchev–Trinajstić information content (AvgIpc) is 2.47. The molecule has 2 rings (SSSR count). The van der Waals surface area contributed by atoms with Gasteiger partial charge in [-0.15, -0.1) is 0 Å². The highest BCUT2D eigenvalue weighted by molar-refractivity contribution is 5.90.